The van der Waals surface area contributed by atoms with Crippen molar-refractivity contribution in [3.8, 4) is 0 Å². The molecular weight excluding hydrogens is 367 g/mol. The number of nitrogens with zero attached hydrogens (tertiary/aromatic N) is 2. The smallest absolute Gasteiger partial charge is 0.154 e. The van der Waals surface area contributed by atoms with Gasteiger partial charge in [-0.2, -0.15) is 0 Å². The van der Waals surface area contributed by atoms with Crippen molar-refractivity contribution in [2.75, 3.05) is 18.4 Å². The second-order valence-corrected chi connectivity index (χ2v) is 6.85. The van der Waals surface area contributed by atoms with Gasteiger partial charge in [-0.25, -0.2) is 9.97 Å². The molecule has 6 heteroatoms. The minimum atomic E-state index is 0.603. The summed E-state index contributed by atoms with van der Waals surface area (Å²) in [5.74, 6) is 1.38. The predicted molar refractivity (Wildman–Crippen MR) is 112 cm³/mol. The highest BCUT2D eigenvalue weighted by molar-refractivity contribution is 6.31. The van der Waals surface area contributed by atoms with Crippen molar-refractivity contribution in [1.29, 1.82) is 0 Å². The molecule has 0 unspecified atom stereocenters. The molecule has 0 radical (unpaired) electrons. The lowest BCUT2D eigenvalue weighted by molar-refractivity contribution is 0.870. The summed E-state index contributed by atoms with van der Waals surface area (Å²) in [5, 5.41) is 5.65. The number of nitrogens with one attached hydrogen (secondary N) is 1. The molecule has 0 atom stereocenters. The Balaban J connectivity index is 1.96. The highest BCUT2D eigenvalue weighted by Gasteiger charge is 2.07. The Kier molecular flexibility index (Phi) is 6.09. The standard InChI is InChI=1S/C20H20Cl2N4/c1-13-3-4-14(11-17(13)22)5-8-19-25-18-12-15(21)6-7-16(18)20(26-19)24-10-2-9-23/h3-8,11-12H,2,9-10,23H2,1H3,(H,24,25,26)/b8-5+. The zero-order valence-electron chi connectivity index (χ0n) is 14.5. The molecule has 4 nitrogen and oxygen atoms in total. The minimum absolute atomic E-state index is 0.603. The summed E-state index contributed by atoms with van der Waals surface area (Å²) in [4.78, 5) is 9.23. The van der Waals surface area contributed by atoms with Crippen molar-refractivity contribution in [2.45, 2.75) is 13.3 Å². The molecule has 0 spiro atoms. The molecule has 2 aromatic carbocycles. The van der Waals surface area contributed by atoms with Gasteiger partial charge in [-0.3, -0.25) is 0 Å². The summed E-state index contributed by atoms with van der Waals surface area (Å²) >= 11 is 12.3. The maximum atomic E-state index is 6.19. The lowest BCUT2D eigenvalue weighted by atomic mass is 10.1. The molecule has 26 heavy (non-hydrogen) atoms. The van der Waals surface area contributed by atoms with Crippen LogP contribution < -0.4 is 11.1 Å². The second kappa shape index (κ2) is 8.49. The summed E-state index contributed by atoms with van der Waals surface area (Å²) in [7, 11) is 0. The zero-order chi connectivity index (χ0) is 18.5. The van der Waals surface area contributed by atoms with Crippen molar-refractivity contribution in [1.82, 2.24) is 9.97 Å². The van der Waals surface area contributed by atoms with Crippen molar-refractivity contribution >= 4 is 52.1 Å². The molecule has 0 aliphatic heterocycles. The van der Waals surface area contributed by atoms with E-state index in [1.54, 1.807) is 0 Å². The molecule has 0 aliphatic carbocycles. The van der Waals surface area contributed by atoms with E-state index in [9.17, 15) is 0 Å². The third kappa shape index (κ3) is 4.52. The largest absolute Gasteiger partial charge is 0.369 e. The average Bonchev–Trinajstić information content (AvgIpc) is 2.62. The van der Waals surface area contributed by atoms with Gasteiger partial charge in [-0.15, -0.1) is 0 Å². The number of hydrogen-bond donors (Lipinski definition) is 2. The highest BCUT2D eigenvalue weighted by Crippen LogP contribution is 2.24. The molecule has 1 heterocycles. The number of aryl methyl sites for hydroxylation is 1. The first-order valence-electron chi connectivity index (χ1n) is 8.42. The van der Waals surface area contributed by atoms with Crippen molar-refractivity contribution in [2.24, 2.45) is 5.73 Å². The number of fused-ring (bicyclic) bond motifs is 1. The molecule has 3 rings (SSSR count). The molecule has 0 saturated heterocycles. The van der Waals surface area contributed by atoms with E-state index in [1.165, 1.54) is 0 Å². The van der Waals surface area contributed by atoms with E-state index in [2.05, 4.69) is 15.3 Å². The van der Waals surface area contributed by atoms with Gasteiger partial charge in [0.15, 0.2) is 5.82 Å². The Morgan fingerprint density at radius 1 is 1.08 bits per heavy atom. The molecule has 3 aromatic rings. The molecule has 0 saturated carbocycles. The molecule has 0 aliphatic rings. The summed E-state index contributed by atoms with van der Waals surface area (Å²) in [6.07, 6.45) is 4.68. The first-order chi connectivity index (χ1) is 12.6. The molecule has 1 aromatic heterocycles. The fourth-order valence-corrected chi connectivity index (χ4v) is 2.88. The highest BCUT2D eigenvalue weighted by atomic mass is 35.5. The van der Waals surface area contributed by atoms with Gasteiger partial charge in [0.25, 0.3) is 0 Å². The maximum Gasteiger partial charge on any atom is 0.154 e. The monoisotopic (exact) mass is 386 g/mol. The number of hydrogen-bond acceptors (Lipinski definition) is 4. The van der Waals surface area contributed by atoms with Crippen molar-refractivity contribution in [3.63, 3.8) is 0 Å². The fourth-order valence-electron chi connectivity index (χ4n) is 2.52. The minimum Gasteiger partial charge on any atom is -0.369 e. The maximum absolute atomic E-state index is 6.19. The predicted octanol–water partition coefficient (Wildman–Crippen LogP) is 5.18. The number of rotatable bonds is 6. The van der Waals surface area contributed by atoms with Gasteiger partial charge in [0.05, 0.1) is 5.52 Å². The number of halogens is 2. The summed E-state index contributed by atoms with van der Waals surface area (Å²) in [6, 6.07) is 11.5. The number of aromatic nitrogens is 2. The molecule has 134 valence electrons. The van der Waals surface area contributed by atoms with E-state index in [-0.39, 0.29) is 0 Å². The van der Waals surface area contributed by atoms with Crippen LogP contribution in [0.4, 0.5) is 5.82 Å². The molecule has 3 N–H and O–H groups in total. The Hall–Kier alpha value is -2.14. The Bertz CT molecular complexity index is 954. The third-order valence-electron chi connectivity index (χ3n) is 3.97. The third-order valence-corrected chi connectivity index (χ3v) is 4.61. The SMILES string of the molecule is Cc1ccc(/C=C/c2nc(NCCCN)c3ccc(Cl)cc3n2)cc1Cl. The van der Waals surface area contributed by atoms with Gasteiger partial charge < -0.3 is 11.1 Å². The Labute approximate surface area is 163 Å². The van der Waals surface area contributed by atoms with Gasteiger partial charge >= 0.3 is 0 Å². The van der Waals surface area contributed by atoms with Crippen LogP contribution in [0.5, 0.6) is 0 Å². The lowest BCUT2D eigenvalue weighted by Crippen LogP contribution is -2.10. The van der Waals surface area contributed by atoms with Gasteiger partial charge in [-0.05, 0) is 61.4 Å². The first-order valence-corrected chi connectivity index (χ1v) is 9.18. The summed E-state index contributed by atoms with van der Waals surface area (Å²) in [5.41, 5.74) is 8.41. The van der Waals surface area contributed by atoms with Crippen LogP contribution in [0.15, 0.2) is 36.4 Å². The first kappa shape index (κ1) is 18.6. The lowest BCUT2D eigenvalue weighted by Gasteiger charge is -2.09. The zero-order valence-corrected chi connectivity index (χ0v) is 16.0. The van der Waals surface area contributed by atoms with Crippen LogP contribution >= 0.6 is 23.2 Å². The van der Waals surface area contributed by atoms with Crippen LogP contribution in [-0.4, -0.2) is 23.1 Å². The number of benzene rings is 2. The van der Waals surface area contributed by atoms with E-state index >= 15 is 0 Å². The van der Waals surface area contributed by atoms with Crippen LogP contribution in [0, 0.1) is 6.92 Å². The van der Waals surface area contributed by atoms with Gasteiger partial charge in [-0.1, -0.05) is 41.4 Å². The van der Waals surface area contributed by atoms with Gasteiger partial charge in [0.2, 0.25) is 0 Å². The summed E-state index contributed by atoms with van der Waals surface area (Å²) < 4.78 is 0. The van der Waals surface area contributed by atoms with E-state index in [4.69, 9.17) is 28.9 Å². The van der Waals surface area contributed by atoms with E-state index < -0.39 is 0 Å². The van der Waals surface area contributed by atoms with Crippen LogP contribution in [-0.2, 0) is 0 Å². The van der Waals surface area contributed by atoms with Crippen molar-refractivity contribution < 1.29 is 0 Å². The normalized spacial score (nSPS) is 11.4. The number of nitrogens with two attached hydrogens (primary N) is 1. The average molecular weight is 387 g/mol. The molecule has 0 bridgehead atoms. The molecule has 0 amide bonds. The van der Waals surface area contributed by atoms with E-state index in [0.717, 1.165) is 45.8 Å². The van der Waals surface area contributed by atoms with Crippen LogP contribution in [0.1, 0.15) is 23.4 Å². The molecular formula is C20H20Cl2N4. The Morgan fingerprint density at radius 3 is 2.69 bits per heavy atom. The topological polar surface area (TPSA) is 63.8 Å². The molecule has 0 fully saturated rings. The van der Waals surface area contributed by atoms with Crippen LogP contribution in [0.2, 0.25) is 10.0 Å². The quantitative estimate of drug-likeness (QED) is 0.573. The fraction of sp³-hybridized carbons (Fsp3) is 0.200. The second-order valence-electron chi connectivity index (χ2n) is 6.00. The van der Waals surface area contributed by atoms with Gasteiger partial charge in [0, 0.05) is 22.0 Å². The van der Waals surface area contributed by atoms with Gasteiger partial charge in [0.1, 0.15) is 5.82 Å². The summed E-state index contributed by atoms with van der Waals surface area (Å²) in [6.45, 7) is 3.36. The van der Waals surface area contributed by atoms with Crippen LogP contribution in [0.25, 0.3) is 23.1 Å². The van der Waals surface area contributed by atoms with E-state index in [1.807, 2.05) is 55.5 Å². The Morgan fingerprint density at radius 2 is 1.92 bits per heavy atom. The van der Waals surface area contributed by atoms with E-state index in [0.29, 0.717) is 17.4 Å². The number of anilines is 1. The van der Waals surface area contributed by atoms with Crippen LogP contribution in [0.3, 0.4) is 0 Å². The van der Waals surface area contributed by atoms with Crippen molar-refractivity contribution in [3.05, 3.63) is 63.4 Å².